The maximum atomic E-state index is 12.9. The molecular weight excluding hydrogens is 356 g/mol. The third-order valence-corrected chi connectivity index (χ3v) is 4.21. The molecule has 0 fully saturated rings. The molecule has 0 aliphatic heterocycles. The van der Waals surface area contributed by atoms with Gasteiger partial charge in [-0.3, -0.25) is 4.79 Å². The minimum atomic E-state index is -1.25. The van der Waals surface area contributed by atoms with Gasteiger partial charge in [-0.25, -0.2) is 4.79 Å². The van der Waals surface area contributed by atoms with Crippen molar-refractivity contribution in [1.29, 1.82) is 0 Å². The summed E-state index contributed by atoms with van der Waals surface area (Å²) in [5.74, 6) is 4.95. The van der Waals surface area contributed by atoms with E-state index in [1.165, 1.54) is 11.6 Å². The molecule has 0 aliphatic carbocycles. The van der Waals surface area contributed by atoms with Gasteiger partial charge in [-0.15, -0.1) is 0 Å². The van der Waals surface area contributed by atoms with Gasteiger partial charge in [0.1, 0.15) is 23.4 Å². The Morgan fingerprint density at radius 1 is 1.29 bits per heavy atom. The lowest BCUT2D eigenvalue weighted by Gasteiger charge is -2.13. The number of esters is 1. The molecular formula is C22H22N2O4. The molecule has 28 heavy (non-hydrogen) atoms. The number of ether oxygens (including phenoxy) is 1. The largest absolute Gasteiger partial charge is 0.456 e. The number of aryl methyl sites for hydroxylation is 1. The Labute approximate surface area is 162 Å². The van der Waals surface area contributed by atoms with Crippen LogP contribution in [0.4, 0.5) is 0 Å². The number of nitrogens with one attached hydrogen (secondary N) is 1. The number of hydrogen-bond acceptors (Lipinski definition) is 4. The first-order valence-corrected chi connectivity index (χ1v) is 8.86. The lowest BCUT2D eigenvalue weighted by Crippen LogP contribution is -2.26. The van der Waals surface area contributed by atoms with Gasteiger partial charge < -0.3 is 19.4 Å². The molecule has 6 heteroatoms. The van der Waals surface area contributed by atoms with Gasteiger partial charge in [-0.05, 0) is 32.4 Å². The van der Waals surface area contributed by atoms with Crippen molar-refractivity contribution in [3.8, 4) is 11.8 Å². The fourth-order valence-electron chi connectivity index (χ4n) is 2.89. The summed E-state index contributed by atoms with van der Waals surface area (Å²) in [6, 6.07) is 11.0. The van der Waals surface area contributed by atoms with E-state index in [9.17, 15) is 14.7 Å². The molecule has 6 nitrogen and oxygen atoms in total. The van der Waals surface area contributed by atoms with Crippen LogP contribution < -0.4 is 5.56 Å². The summed E-state index contributed by atoms with van der Waals surface area (Å²) in [6.45, 7) is 5.00. The zero-order chi connectivity index (χ0) is 20.5. The maximum Gasteiger partial charge on any atom is 0.356 e. The Bertz CT molecular complexity index is 1150. The molecule has 0 aliphatic rings. The van der Waals surface area contributed by atoms with Crippen LogP contribution >= 0.6 is 0 Å². The fraction of sp³-hybridized carbons (Fsp3) is 0.273. The predicted molar refractivity (Wildman–Crippen MR) is 107 cm³/mol. The highest BCUT2D eigenvalue weighted by molar-refractivity contribution is 5.98. The summed E-state index contributed by atoms with van der Waals surface area (Å²) < 4.78 is 6.68. The van der Waals surface area contributed by atoms with Gasteiger partial charge in [0.05, 0.1) is 5.56 Å². The van der Waals surface area contributed by atoms with Gasteiger partial charge in [-0.1, -0.05) is 42.2 Å². The van der Waals surface area contributed by atoms with E-state index in [1.807, 2.05) is 37.3 Å². The zero-order valence-electron chi connectivity index (χ0n) is 16.3. The second-order valence-corrected chi connectivity index (χ2v) is 7.20. The van der Waals surface area contributed by atoms with Crippen LogP contribution in [0.1, 0.15) is 41.2 Å². The van der Waals surface area contributed by atoms with E-state index in [1.54, 1.807) is 19.9 Å². The molecule has 2 aromatic heterocycles. The summed E-state index contributed by atoms with van der Waals surface area (Å²) in [5, 5.41) is 10.5. The molecule has 0 saturated heterocycles. The molecule has 0 unspecified atom stereocenters. The quantitative estimate of drug-likeness (QED) is 0.542. The van der Waals surface area contributed by atoms with E-state index < -0.39 is 11.6 Å². The number of hydrogen-bond donors (Lipinski definition) is 2. The Morgan fingerprint density at radius 3 is 2.61 bits per heavy atom. The monoisotopic (exact) mass is 378 g/mol. The number of aromatic amines is 1. The molecule has 0 atom stereocenters. The van der Waals surface area contributed by atoms with Crippen molar-refractivity contribution in [3.63, 3.8) is 0 Å². The summed E-state index contributed by atoms with van der Waals surface area (Å²) in [7, 11) is 1.51. The SMILES string of the molecule is Cc1cc2c(C#CC(C)(C)O)c(C(=O)OCc3ccccc3)n(C)c(=O)c2[nH]1. The van der Waals surface area contributed by atoms with Gasteiger partial charge in [0.2, 0.25) is 0 Å². The molecule has 0 radical (unpaired) electrons. The van der Waals surface area contributed by atoms with Crippen LogP contribution in [0.2, 0.25) is 0 Å². The first-order chi connectivity index (χ1) is 13.2. The normalized spacial score (nSPS) is 11.2. The average Bonchev–Trinajstić information content (AvgIpc) is 3.03. The van der Waals surface area contributed by atoms with Crippen molar-refractivity contribution in [2.75, 3.05) is 0 Å². The lowest BCUT2D eigenvalue weighted by atomic mass is 10.1. The Kier molecular flexibility index (Phi) is 5.12. The average molecular weight is 378 g/mol. The van der Waals surface area contributed by atoms with Crippen LogP contribution in [0.25, 0.3) is 10.9 Å². The van der Waals surface area contributed by atoms with Crippen molar-refractivity contribution in [3.05, 3.63) is 69.3 Å². The molecule has 3 aromatic rings. The Hall–Kier alpha value is -3.30. The summed E-state index contributed by atoms with van der Waals surface area (Å²) in [4.78, 5) is 28.6. The number of benzene rings is 1. The number of carbonyl (C=O) groups is 1. The highest BCUT2D eigenvalue weighted by atomic mass is 16.5. The summed E-state index contributed by atoms with van der Waals surface area (Å²) >= 11 is 0. The van der Waals surface area contributed by atoms with Crippen molar-refractivity contribution < 1.29 is 14.6 Å². The van der Waals surface area contributed by atoms with Gasteiger partial charge in [-0.2, -0.15) is 0 Å². The van der Waals surface area contributed by atoms with E-state index >= 15 is 0 Å². The van der Waals surface area contributed by atoms with Gasteiger partial charge in [0.25, 0.3) is 5.56 Å². The van der Waals surface area contributed by atoms with Crippen LogP contribution in [0.15, 0.2) is 41.2 Å². The van der Waals surface area contributed by atoms with Crippen LogP contribution in [0.5, 0.6) is 0 Å². The predicted octanol–water partition coefficient (Wildman–Crippen LogP) is 2.65. The first-order valence-electron chi connectivity index (χ1n) is 8.86. The molecule has 144 valence electrons. The number of rotatable bonds is 3. The van der Waals surface area contributed by atoms with Gasteiger partial charge >= 0.3 is 5.97 Å². The Morgan fingerprint density at radius 2 is 1.96 bits per heavy atom. The van der Waals surface area contributed by atoms with E-state index in [4.69, 9.17) is 4.74 Å². The van der Waals surface area contributed by atoms with Crippen LogP contribution in [0, 0.1) is 18.8 Å². The molecule has 2 heterocycles. The standard InChI is InChI=1S/C22H22N2O4/c1-14-12-17-16(10-11-22(2,3)27)19(24(4)20(25)18(17)23-14)21(26)28-13-15-8-6-5-7-9-15/h5-9,12,23,27H,13H2,1-4H3. The number of fused-ring (bicyclic) bond motifs is 1. The van der Waals surface area contributed by atoms with Gasteiger partial charge in [0.15, 0.2) is 0 Å². The number of aromatic nitrogens is 2. The first kappa shape index (κ1) is 19.5. The van der Waals surface area contributed by atoms with Crippen LogP contribution in [-0.4, -0.2) is 26.2 Å². The van der Waals surface area contributed by atoms with E-state index in [2.05, 4.69) is 16.8 Å². The molecule has 3 rings (SSSR count). The molecule has 0 bridgehead atoms. The summed E-state index contributed by atoms with van der Waals surface area (Å²) in [5.41, 5.74) is 0.781. The zero-order valence-corrected chi connectivity index (χ0v) is 16.3. The number of carbonyl (C=O) groups excluding carboxylic acids is 1. The van der Waals surface area contributed by atoms with Crippen LogP contribution in [0.3, 0.4) is 0 Å². The number of aliphatic hydroxyl groups is 1. The highest BCUT2D eigenvalue weighted by Crippen LogP contribution is 2.21. The molecule has 1 aromatic carbocycles. The van der Waals surface area contributed by atoms with E-state index in [-0.39, 0.29) is 17.9 Å². The summed E-state index contributed by atoms with van der Waals surface area (Å²) in [6.07, 6.45) is 0. The van der Waals surface area contributed by atoms with E-state index in [0.29, 0.717) is 16.5 Å². The van der Waals surface area contributed by atoms with Crippen molar-refractivity contribution in [2.45, 2.75) is 33.0 Å². The molecule has 0 spiro atoms. The van der Waals surface area contributed by atoms with Crippen molar-refractivity contribution in [2.24, 2.45) is 7.05 Å². The van der Waals surface area contributed by atoms with Crippen molar-refractivity contribution >= 4 is 16.9 Å². The van der Waals surface area contributed by atoms with Crippen molar-refractivity contribution in [1.82, 2.24) is 9.55 Å². The molecule has 0 amide bonds. The van der Waals surface area contributed by atoms with E-state index in [0.717, 1.165) is 11.3 Å². The number of pyridine rings is 1. The number of H-pyrrole nitrogens is 1. The second kappa shape index (κ2) is 7.37. The van der Waals surface area contributed by atoms with Crippen LogP contribution in [-0.2, 0) is 18.4 Å². The Balaban J connectivity index is 2.13. The minimum Gasteiger partial charge on any atom is -0.456 e. The third-order valence-electron chi connectivity index (χ3n) is 4.21. The topological polar surface area (TPSA) is 84.3 Å². The third kappa shape index (κ3) is 4.00. The molecule has 0 saturated carbocycles. The highest BCUT2D eigenvalue weighted by Gasteiger charge is 2.22. The number of nitrogens with zero attached hydrogens (tertiary/aromatic N) is 1. The fourth-order valence-corrected chi connectivity index (χ4v) is 2.89. The maximum absolute atomic E-state index is 12.9. The second-order valence-electron chi connectivity index (χ2n) is 7.20. The minimum absolute atomic E-state index is 0.0594. The van der Waals surface area contributed by atoms with Gasteiger partial charge in [0, 0.05) is 18.1 Å². The smallest absolute Gasteiger partial charge is 0.356 e. The lowest BCUT2D eigenvalue weighted by molar-refractivity contribution is 0.0459. The molecule has 2 N–H and O–H groups in total.